The smallest absolute Gasteiger partial charge is 0.225 e. The van der Waals surface area contributed by atoms with Crippen LogP contribution in [0, 0.1) is 16.7 Å². The summed E-state index contributed by atoms with van der Waals surface area (Å²) in [5.74, 6) is 0.480. The van der Waals surface area contributed by atoms with Crippen LogP contribution in [0.2, 0.25) is 0 Å². The van der Waals surface area contributed by atoms with E-state index in [-0.39, 0.29) is 16.7 Å². The Hall–Kier alpha value is -1.22. The van der Waals surface area contributed by atoms with E-state index in [0.29, 0.717) is 17.4 Å². The summed E-state index contributed by atoms with van der Waals surface area (Å²) in [6.07, 6.45) is 9.11. The van der Waals surface area contributed by atoms with Gasteiger partial charge in [0.1, 0.15) is 0 Å². The van der Waals surface area contributed by atoms with Gasteiger partial charge < -0.3 is 5.32 Å². The summed E-state index contributed by atoms with van der Waals surface area (Å²) in [5.41, 5.74) is 1.23. The Morgan fingerprint density at radius 1 is 1.50 bits per heavy atom. The van der Waals surface area contributed by atoms with Crippen LogP contribution in [0.15, 0.2) is 46.9 Å². The van der Waals surface area contributed by atoms with Crippen molar-refractivity contribution in [1.82, 2.24) is 5.32 Å². The molecule has 0 heterocycles. The second-order valence-corrected chi connectivity index (χ2v) is 8.19. The van der Waals surface area contributed by atoms with Crippen LogP contribution in [0.5, 0.6) is 0 Å². The summed E-state index contributed by atoms with van der Waals surface area (Å²) in [5, 5.41) is 5.44. The average molecular weight is 320 g/mol. The van der Waals surface area contributed by atoms with Gasteiger partial charge in [-0.2, -0.15) is 0 Å². The molecule has 0 aromatic heterocycles. The lowest BCUT2D eigenvalue weighted by Gasteiger charge is -2.35. The van der Waals surface area contributed by atoms with Crippen molar-refractivity contribution >= 4 is 17.7 Å². The summed E-state index contributed by atoms with van der Waals surface area (Å²) in [7, 11) is 0. The average Bonchev–Trinajstić information content (AvgIpc) is 2.38. The van der Waals surface area contributed by atoms with Gasteiger partial charge in [0.05, 0.1) is 5.03 Å². The number of thioether (sulfide) groups is 1. The summed E-state index contributed by atoms with van der Waals surface area (Å²) in [6.45, 7) is 16.7. The van der Waals surface area contributed by atoms with Crippen LogP contribution >= 0.6 is 11.8 Å². The van der Waals surface area contributed by atoms with Gasteiger partial charge in [0, 0.05) is 6.42 Å². The fraction of sp³-hybridized carbons (Fsp3) is 0.526. The zero-order valence-electron chi connectivity index (χ0n) is 14.7. The quantitative estimate of drug-likeness (QED) is 0.708. The minimum Gasteiger partial charge on any atom is -0.321 e. The van der Waals surface area contributed by atoms with Gasteiger partial charge >= 0.3 is 0 Å². The molecule has 2 nitrogen and oxygen atoms in total. The van der Waals surface area contributed by atoms with Gasteiger partial charge in [0.15, 0.2) is 0 Å². The molecular formula is C19H29NOS. The van der Waals surface area contributed by atoms with Gasteiger partial charge in [-0.3, -0.25) is 4.79 Å². The molecule has 1 rings (SSSR count). The van der Waals surface area contributed by atoms with Crippen molar-refractivity contribution in [3.63, 3.8) is 0 Å². The lowest BCUT2D eigenvalue weighted by Crippen LogP contribution is -2.30. The van der Waals surface area contributed by atoms with E-state index in [9.17, 15) is 4.79 Å². The lowest BCUT2D eigenvalue weighted by molar-refractivity contribution is -0.121. The van der Waals surface area contributed by atoms with Crippen molar-refractivity contribution in [1.29, 1.82) is 0 Å². The van der Waals surface area contributed by atoms with E-state index in [1.807, 2.05) is 18.4 Å². The molecule has 0 fully saturated rings. The topological polar surface area (TPSA) is 29.1 Å². The van der Waals surface area contributed by atoms with E-state index in [2.05, 4.69) is 64.7 Å². The van der Waals surface area contributed by atoms with E-state index >= 15 is 0 Å². The molecule has 0 aromatic carbocycles. The number of nitrogens with one attached hydrogen (secondary N) is 1. The van der Waals surface area contributed by atoms with Crippen LogP contribution in [0.3, 0.4) is 0 Å². The minimum absolute atomic E-state index is 0.0128. The standard InChI is InChI=1S/C19H29NOS/c1-8-11-22-15(3)20-17(21)13-19(6,7)16-9-10-18(4,5)14(2)12-16/h8-12,14H,3,13H2,1-2,4-7H3,(H,20,21)/b11-8-. The maximum Gasteiger partial charge on any atom is 0.225 e. The molecule has 0 aromatic rings. The highest BCUT2D eigenvalue weighted by atomic mass is 32.2. The second kappa shape index (κ2) is 7.36. The van der Waals surface area contributed by atoms with Crippen LogP contribution in [0.4, 0.5) is 0 Å². The zero-order valence-corrected chi connectivity index (χ0v) is 15.5. The molecular weight excluding hydrogens is 290 g/mol. The molecule has 0 bridgehead atoms. The SMILES string of the molecule is C=C(NC(=O)CC(C)(C)C1=CC(C)C(C)(C)C=C1)S/C=C\C. The van der Waals surface area contributed by atoms with Crippen LogP contribution in [0.1, 0.15) is 48.0 Å². The third-order valence-corrected chi connectivity index (χ3v) is 5.10. The van der Waals surface area contributed by atoms with Gasteiger partial charge in [-0.05, 0) is 34.7 Å². The highest BCUT2D eigenvalue weighted by Gasteiger charge is 2.31. The van der Waals surface area contributed by atoms with Crippen LogP contribution < -0.4 is 5.32 Å². The van der Waals surface area contributed by atoms with E-state index in [1.54, 1.807) is 0 Å². The van der Waals surface area contributed by atoms with Crippen molar-refractivity contribution in [3.05, 3.63) is 46.9 Å². The van der Waals surface area contributed by atoms with E-state index in [0.717, 1.165) is 0 Å². The normalized spacial score (nSPS) is 20.8. The lowest BCUT2D eigenvalue weighted by atomic mass is 9.70. The number of allylic oxidation sites excluding steroid dienone is 5. The molecule has 1 N–H and O–H groups in total. The third-order valence-electron chi connectivity index (χ3n) is 4.30. The second-order valence-electron chi connectivity index (χ2n) is 7.18. The largest absolute Gasteiger partial charge is 0.321 e. The highest BCUT2D eigenvalue weighted by Crippen LogP contribution is 2.41. The fourth-order valence-electron chi connectivity index (χ4n) is 2.33. The van der Waals surface area contributed by atoms with Gasteiger partial charge in [-0.25, -0.2) is 0 Å². The molecule has 1 atom stereocenters. The molecule has 0 spiro atoms. The third kappa shape index (κ3) is 5.20. The number of hydrogen-bond donors (Lipinski definition) is 1. The summed E-state index contributed by atoms with van der Waals surface area (Å²) >= 11 is 1.43. The molecule has 1 aliphatic rings. The highest BCUT2D eigenvalue weighted by molar-refractivity contribution is 8.05. The fourth-order valence-corrected chi connectivity index (χ4v) is 2.80. The predicted molar refractivity (Wildman–Crippen MR) is 98.3 cm³/mol. The van der Waals surface area contributed by atoms with Gasteiger partial charge in [-0.15, -0.1) is 0 Å². The number of hydrogen-bond acceptors (Lipinski definition) is 2. The minimum atomic E-state index is -0.184. The molecule has 0 saturated heterocycles. The maximum atomic E-state index is 12.2. The Morgan fingerprint density at radius 2 is 2.14 bits per heavy atom. The van der Waals surface area contributed by atoms with Crippen LogP contribution in [-0.2, 0) is 4.79 Å². The Labute approximate surface area is 139 Å². The molecule has 0 aliphatic heterocycles. The first-order valence-corrected chi connectivity index (χ1v) is 8.64. The Morgan fingerprint density at radius 3 is 2.68 bits per heavy atom. The first-order chi connectivity index (χ1) is 10.1. The van der Waals surface area contributed by atoms with Crippen molar-refractivity contribution in [3.8, 4) is 0 Å². The van der Waals surface area contributed by atoms with Gasteiger partial charge in [0.25, 0.3) is 0 Å². The first-order valence-electron chi connectivity index (χ1n) is 7.76. The molecule has 0 saturated carbocycles. The Bertz CT molecular complexity index is 524. The van der Waals surface area contributed by atoms with E-state index < -0.39 is 0 Å². The molecule has 122 valence electrons. The van der Waals surface area contributed by atoms with Crippen molar-refractivity contribution in [2.24, 2.45) is 16.7 Å². The zero-order chi connectivity index (χ0) is 17.0. The van der Waals surface area contributed by atoms with Crippen LogP contribution in [0.25, 0.3) is 0 Å². The Balaban J connectivity index is 2.70. The first kappa shape index (κ1) is 18.8. The maximum absolute atomic E-state index is 12.2. The van der Waals surface area contributed by atoms with E-state index in [4.69, 9.17) is 0 Å². The number of carbonyl (C=O) groups excluding carboxylic acids is 1. The molecule has 1 unspecified atom stereocenters. The number of amides is 1. The van der Waals surface area contributed by atoms with Crippen molar-refractivity contribution < 1.29 is 4.79 Å². The monoisotopic (exact) mass is 319 g/mol. The van der Waals surface area contributed by atoms with Gasteiger partial charge in [0.2, 0.25) is 5.91 Å². The van der Waals surface area contributed by atoms with Crippen LogP contribution in [-0.4, -0.2) is 5.91 Å². The van der Waals surface area contributed by atoms with E-state index in [1.165, 1.54) is 17.3 Å². The Kier molecular flexibility index (Phi) is 6.30. The summed E-state index contributed by atoms with van der Waals surface area (Å²) in [4.78, 5) is 12.2. The van der Waals surface area contributed by atoms with Crippen molar-refractivity contribution in [2.45, 2.75) is 48.0 Å². The molecule has 22 heavy (non-hydrogen) atoms. The summed E-state index contributed by atoms with van der Waals surface area (Å²) in [6, 6.07) is 0. The predicted octanol–water partition coefficient (Wildman–Crippen LogP) is 5.42. The van der Waals surface area contributed by atoms with Gasteiger partial charge in [-0.1, -0.05) is 77.3 Å². The van der Waals surface area contributed by atoms with Crippen molar-refractivity contribution in [2.75, 3.05) is 0 Å². The molecule has 3 heteroatoms. The molecule has 0 radical (unpaired) electrons. The molecule has 1 amide bonds. The number of carbonyl (C=O) groups is 1. The molecule has 1 aliphatic carbocycles. The number of rotatable bonds is 6. The summed E-state index contributed by atoms with van der Waals surface area (Å²) < 4.78 is 0.